The van der Waals surface area contributed by atoms with Gasteiger partial charge in [0, 0.05) is 19.3 Å². The Bertz CT molecular complexity index is 276. The number of hydrogen-bond acceptors (Lipinski definition) is 2. The van der Waals surface area contributed by atoms with Crippen LogP contribution in [-0.2, 0) is 4.74 Å². The van der Waals surface area contributed by atoms with Crippen LogP contribution < -0.4 is 4.90 Å². The Kier molecular flexibility index (Phi) is 3.96. The van der Waals surface area contributed by atoms with Gasteiger partial charge in [0.2, 0.25) is 0 Å². The fourth-order valence-corrected chi connectivity index (χ4v) is 1.77. The number of rotatable bonds is 4. The molecule has 0 spiro atoms. The first kappa shape index (κ1) is 11.1. The molecule has 0 N–H and O–H groups in total. The summed E-state index contributed by atoms with van der Waals surface area (Å²) in [6.07, 6.45) is 0. The fraction of sp³-hybridized carbons (Fsp3) is 0.500. The van der Waals surface area contributed by atoms with Gasteiger partial charge >= 0.3 is 0 Å². The summed E-state index contributed by atoms with van der Waals surface area (Å²) in [5, 5.41) is 0. The molecule has 0 radical (unpaired) electrons. The van der Waals surface area contributed by atoms with E-state index in [0.717, 1.165) is 6.54 Å². The van der Waals surface area contributed by atoms with Crippen LogP contribution in [0.25, 0.3) is 0 Å². The molecule has 0 unspecified atom stereocenters. The van der Waals surface area contributed by atoms with Crippen LogP contribution in [0.4, 0.5) is 5.69 Å². The first-order valence-corrected chi connectivity index (χ1v) is 5.00. The molecule has 0 aliphatic heterocycles. The maximum atomic E-state index is 5.19. The molecular weight excluding hydrogens is 174 g/mol. The Morgan fingerprint density at radius 3 is 2.21 bits per heavy atom. The molecule has 2 heteroatoms. The van der Waals surface area contributed by atoms with Gasteiger partial charge < -0.3 is 9.64 Å². The molecule has 14 heavy (non-hydrogen) atoms. The average molecular weight is 193 g/mol. The van der Waals surface area contributed by atoms with Crippen molar-refractivity contribution in [2.75, 3.05) is 25.3 Å². The van der Waals surface area contributed by atoms with Crippen LogP contribution in [0.5, 0.6) is 0 Å². The van der Waals surface area contributed by atoms with E-state index in [1.165, 1.54) is 16.8 Å². The number of benzene rings is 1. The van der Waals surface area contributed by atoms with Gasteiger partial charge in [0.1, 0.15) is 6.73 Å². The molecule has 0 aromatic heterocycles. The summed E-state index contributed by atoms with van der Waals surface area (Å²) in [6.45, 7) is 8.05. The van der Waals surface area contributed by atoms with Gasteiger partial charge in [-0.25, -0.2) is 0 Å². The largest absolute Gasteiger partial charge is 0.364 e. The van der Waals surface area contributed by atoms with E-state index >= 15 is 0 Å². The second kappa shape index (κ2) is 5.01. The van der Waals surface area contributed by atoms with Gasteiger partial charge in [-0.15, -0.1) is 0 Å². The number of nitrogens with zero attached hydrogens (tertiary/aromatic N) is 1. The Balaban J connectivity index is 3.02. The highest BCUT2D eigenvalue weighted by Crippen LogP contribution is 2.23. The van der Waals surface area contributed by atoms with E-state index in [2.05, 4.69) is 43.9 Å². The third-order valence-electron chi connectivity index (χ3n) is 2.42. The standard InChI is InChI=1S/C12H19NO/c1-5-13(9-14-4)12-10(2)7-6-8-11(12)3/h6-8H,5,9H2,1-4H3. The number of methoxy groups -OCH3 is 1. The van der Waals surface area contributed by atoms with Gasteiger partial charge in [-0.3, -0.25) is 0 Å². The van der Waals surface area contributed by atoms with Crippen LogP contribution in [0.2, 0.25) is 0 Å². The summed E-state index contributed by atoms with van der Waals surface area (Å²) in [4.78, 5) is 2.24. The normalized spacial score (nSPS) is 10.3. The van der Waals surface area contributed by atoms with Gasteiger partial charge in [-0.05, 0) is 31.9 Å². The van der Waals surface area contributed by atoms with Gasteiger partial charge in [0.25, 0.3) is 0 Å². The SMILES string of the molecule is CCN(COC)c1c(C)cccc1C. The molecule has 1 aromatic rings. The van der Waals surface area contributed by atoms with Crippen LogP contribution in [0.3, 0.4) is 0 Å². The predicted octanol–water partition coefficient (Wildman–Crippen LogP) is 2.73. The molecule has 0 aliphatic carbocycles. The minimum atomic E-state index is 0.655. The summed E-state index contributed by atoms with van der Waals surface area (Å²) < 4.78 is 5.19. The molecule has 0 saturated heterocycles. The van der Waals surface area contributed by atoms with Crippen LogP contribution >= 0.6 is 0 Å². The summed E-state index contributed by atoms with van der Waals surface area (Å²) in [5.74, 6) is 0. The minimum absolute atomic E-state index is 0.655. The van der Waals surface area contributed by atoms with Crippen molar-refractivity contribution in [3.05, 3.63) is 29.3 Å². The topological polar surface area (TPSA) is 12.5 Å². The van der Waals surface area contributed by atoms with Gasteiger partial charge in [-0.1, -0.05) is 18.2 Å². The van der Waals surface area contributed by atoms with Gasteiger partial charge in [0.15, 0.2) is 0 Å². The first-order chi connectivity index (χ1) is 6.70. The fourth-order valence-electron chi connectivity index (χ4n) is 1.77. The highest BCUT2D eigenvalue weighted by molar-refractivity contribution is 5.58. The minimum Gasteiger partial charge on any atom is -0.364 e. The average Bonchev–Trinajstić information content (AvgIpc) is 2.16. The zero-order valence-electron chi connectivity index (χ0n) is 9.50. The zero-order valence-corrected chi connectivity index (χ0v) is 9.50. The molecule has 0 amide bonds. The Morgan fingerprint density at radius 1 is 1.21 bits per heavy atom. The molecular formula is C12H19NO. The van der Waals surface area contributed by atoms with Crippen LogP contribution in [0.15, 0.2) is 18.2 Å². The summed E-state index contributed by atoms with van der Waals surface area (Å²) >= 11 is 0. The van der Waals surface area contributed by atoms with Crippen molar-refractivity contribution < 1.29 is 4.74 Å². The molecule has 0 fully saturated rings. The maximum Gasteiger partial charge on any atom is 0.118 e. The molecule has 0 saturated carbocycles. The lowest BCUT2D eigenvalue weighted by Gasteiger charge is -2.25. The highest BCUT2D eigenvalue weighted by atomic mass is 16.5. The van der Waals surface area contributed by atoms with E-state index in [1.54, 1.807) is 7.11 Å². The van der Waals surface area contributed by atoms with Crippen molar-refractivity contribution in [3.8, 4) is 0 Å². The van der Waals surface area contributed by atoms with E-state index in [-0.39, 0.29) is 0 Å². The third-order valence-corrected chi connectivity index (χ3v) is 2.42. The number of hydrogen-bond donors (Lipinski definition) is 0. The van der Waals surface area contributed by atoms with Crippen molar-refractivity contribution >= 4 is 5.69 Å². The van der Waals surface area contributed by atoms with E-state index in [1.807, 2.05) is 0 Å². The van der Waals surface area contributed by atoms with E-state index < -0.39 is 0 Å². The number of para-hydroxylation sites is 1. The lowest BCUT2D eigenvalue weighted by Crippen LogP contribution is -2.26. The lowest BCUT2D eigenvalue weighted by molar-refractivity contribution is 0.198. The molecule has 0 bridgehead atoms. The number of ether oxygens (including phenoxy) is 1. The molecule has 0 aliphatic rings. The third kappa shape index (κ3) is 2.26. The zero-order chi connectivity index (χ0) is 10.6. The summed E-state index contributed by atoms with van der Waals surface area (Å²) in [6, 6.07) is 6.37. The number of anilines is 1. The quantitative estimate of drug-likeness (QED) is 0.682. The van der Waals surface area contributed by atoms with Crippen molar-refractivity contribution in [2.45, 2.75) is 20.8 Å². The van der Waals surface area contributed by atoms with E-state index in [0.29, 0.717) is 6.73 Å². The first-order valence-electron chi connectivity index (χ1n) is 5.00. The molecule has 1 aromatic carbocycles. The van der Waals surface area contributed by atoms with Crippen LogP contribution in [0, 0.1) is 13.8 Å². The Hall–Kier alpha value is -1.02. The Morgan fingerprint density at radius 2 is 1.79 bits per heavy atom. The van der Waals surface area contributed by atoms with Gasteiger partial charge in [0.05, 0.1) is 0 Å². The van der Waals surface area contributed by atoms with Crippen molar-refractivity contribution in [1.29, 1.82) is 0 Å². The smallest absolute Gasteiger partial charge is 0.118 e. The lowest BCUT2D eigenvalue weighted by atomic mass is 10.1. The molecule has 0 atom stereocenters. The molecule has 0 heterocycles. The van der Waals surface area contributed by atoms with Crippen molar-refractivity contribution in [3.63, 3.8) is 0 Å². The summed E-state index contributed by atoms with van der Waals surface area (Å²) in [7, 11) is 1.73. The van der Waals surface area contributed by atoms with E-state index in [9.17, 15) is 0 Å². The highest BCUT2D eigenvalue weighted by Gasteiger charge is 2.08. The second-order valence-electron chi connectivity index (χ2n) is 3.51. The molecule has 2 nitrogen and oxygen atoms in total. The number of aryl methyl sites for hydroxylation is 2. The van der Waals surface area contributed by atoms with Crippen molar-refractivity contribution in [2.24, 2.45) is 0 Å². The van der Waals surface area contributed by atoms with Gasteiger partial charge in [-0.2, -0.15) is 0 Å². The van der Waals surface area contributed by atoms with Crippen LogP contribution in [-0.4, -0.2) is 20.4 Å². The van der Waals surface area contributed by atoms with E-state index in [4.69, 9.17) is 4.74 Å². The Labute approximate surface area is 86.5 Å². The van der Waals surface area contributed by atoms with Crippen molar-refractivity contribution in [1.82, 2.24) is 0 Å². The molecule has 1 rings (SSSR count). The predicted molar refractivity (Wildman–Crippen MR) is 60.8 cm³/mol. The monoisotopic (exact) mass is 193 g/mol. The summed E-state index contributed by atoms with van der Waals surface area (Å²) in [5.41, 5.74) is 3.92. The second-order valence-corrected chi connectivity index (χ2v) is 3.51. The van der Waals surface area contributed by atoms with Crippen LogP contribution in [0.1, 0.15) is 18.1 Å². The molecule has 78 valence electrons. The maximum absolute atomic E-state index is 5.19.